The minimum atomic E-state index is -2.56. The Morgan fingerprint density at radius 2 is 1.80 bits per heavy atom. The minimum Gasteiger partial charge on any atom is -0.497 e. The van der Waals surface area contributed by atoms with Crippen molar-refractivity contribution >= 4 is 0 Å². The Morgan fingerprint density at radius 3 is 2.27 bits per heavy atom. The van der Waals surface area contributed by atoms with Gasteiger partial charge in [0.25, 0.3) is 6.43 Å². The van der Waals surface area contributed by atoms with Crippen LogP contribution in [0.15, 0.2) is 60.3 Å². The maximum Gasteiger partial charge on any atom is 0.265 e. The van der Waals surface area contributed by atoms with Gasteiger partial charge in [0.1, 0.15) is 5.75 Å². The third-order valence-electron chi connectivity index (χ3n) is 4.47. The third kappa shape index (κ3) is 8.22. The number of halogens is 2. The highest BCUT2D eigenvalue weighted by atomic mass is 19.3. The number of allylic oxidation sites excluding steroid dienone is 1. The van der Waals surface area contributed by atoms with Gasteiger partial charge in [-0.05, 0) is 37.1 Å². The average molecular weight is 417 g/mol. The van der Waals surface area contributed by atoms with E-state index in [1.54, 1.807) is 26.4 Å². The van der Waals surface area contributed by atoms with Crippen LogP contribution >= 0.6 is 0 Å². The van der Waals surface area contributed by atoms with Crippen LogP contribution in [0.25, 0.3) is 0 Å². The number of nitriles is 1. The number of alkyl halides is 2. The molecule has 6 heteroatoms. The molecule has 0 amide bonds. The van der Waals surface area contributed by atoms with Crippen molar-refractivity contribution in [3.8, 4) is 11.8 Å². The molecule has 2 aromatic carbocycles. The number of nitrogens with zero attached hydrogens (tertiary/aromatic N) is 1. The van der Waals surface area contributed by atoms with E-state index in [2.05, 4.69) is 30.4 Å². The normalized spacial score (nSPS) is 11.9. The lowest BCUT2D eigenvalue weighted by Gasteiger charge is -2.20. The first-order valence-electron chi connectivity index (χ1n) is 9.83. The van der Waals surface area contributed by atoms with E-state index in [-0.39, 0.29) is 17.2 Å². The first-order valence-corrected chi connectivity index (χ1v) is 9.83. The largest absolute Gasteiger partial charge is 0.497 e. The van der Waals surface area contributed by atoms with Crippen LogP contribution in [0, 0.1) is 11.3 Å². The summed E-state index contributed by atoms with van der Waals surface area (Å²) in [5.74, 6) is 0.885. The molecule has 0 radical (unpaired) electrons. The molecule has 4 nitrogen and oxygen atoms in total. The molecule has 0 aliphatic rings. The molecule has 30 heavy (non-hydrogen) atoms. The number of ether oxygens (including phenoxy) is 2. The predicted molar refractivity (Wildman–Crippen MR) is 115 cm³/mol. The van der Waals surface area contributed by atoms with Crippen LogP contribution in [0.5, 0.6) is 5.75 Å². The van der Waals surface area contributed by atoms with E-state index in [1.807, 2.05) is 19.1 Å². The Bertz CT molecular complexity index is 815. The van der Waals surface area contributed by atoms with E-state index in [0.717, 1.165) is 30.8 Å². The number of hydrogen-bond acceptors (Lipinski definition) is 4. The number of rotatable bonds is 9. The SMILES string of the molecule is C/C=C(\NCc1ccc(OC)cc1)C(CCC)OC.N#Cc1ccccc1C(F)F. The molecule has 0 fully saturated rings. The van der Waals surface area contributed by atoms with Crippen molar-refractivity contribution in [3.05, 3.63) is 77.0 Å². The van der Waals surface area contributed by atoms with Crippen molar-refractivity contribution in [2.75, 3.05) is 14.2 Å². The smallest absolute Gasteiger partial charge is 0.265 e. The molecule has 0 aliphatic carbocycles. The first kappa shape index (κ1) is 25.1. The van der Waals surface area contributed by atoms with Crippen LogP contribution in [-0.4, -0.2) is 20.3 Å². The van der Waals surface area contributed by atoms with Gasteiger partial charge in [0.2, 0.25) is 0 Å². The highest BCUT2D eigenvalue weighted by Crippen LogP contribution is 2.21. The Kier molecular flexibility index (Phi) is 11.8. The fourth-order valence-corrected chi connectivity index (χ4v) is 2.80. The van der Waals surface area contributed by atoms with Gasteiger partial charge in [-0.1, -0.05) is 49.8 Å². The van der Waals surface area contributed by atoms with Crippen LogP contribution in [0.1, 0.15) is 49.8 Å². The van der Waals surface area contributed by atoms with Gasteiger partial charge in [-0.15, -0.1) is 0 Å². The maximum absolute atomic E-state index is 12.1. The summed E-state index contributed by atoms with van der Waals surface area (Å²) in [6, 6.07) is 15.5. The zero-order chi connectivity index (χ0) is 22.4. The molecule has 0 spiro atoms. The molecule has 2 rings (SSSR count). The molecule has 1 atom stereocenters. The third-order valence-corrected chi connectivity index (χ3v) is 4.47. The zero-order valence-electron chi connectivity index (χ0n) is 18.0. The van der Waals surface area contributed by atoms with Gasteiger partial charge in [0.15, 0.2) is 0 Å². The second kappa shape index (κ2) is 14.1. The quantitative estimate of drug-likeness (QED) is 0.545. The number of nitrogens with one attached hydrogen (secondary N) is 1. The number of benzene rings is 2. The summed E-state index contributed by atoms with van der Waals surface area (Å²) in [4.78, 5) is 0. The van der Waals surface area contributed by atoms with Gasteiger partial charge in [-0.3, -0.25) is 0 Å². The molecule has 0 saturated heterocycles. The summed E-state index contributed by atoms with van der Waals surface area (Å²) >= 11 is 0. The van der Waals surface area contributed by atoms with Crippen LogP contribution in [0.4, 0.5) is 8.78 Å². The summed E-state index contributed by atoms with van der Waals surface area (Å²) < 4.78 is 34.8. The van der Waals surface area contributed by atoms with Gasteiger partial charge >= 0.3 is 0 Å². The summed E-state index contributed by atoms with van der Waals surface area (Å²) in [6.45, 7) is 5.01. The van der Waals surface area contributed by atoms with E-state index in [9.17, 15) is 8.78 Å². The average Bonchev–Trinajstić information content (AvgIpc) is 2.79. The lowest BCUT2D eigenvalue weighted by atomic mass is 10.1. The van der Waals surface area contributed by atoms with Crippen molar-refractivity contribution < 1.29 is 18.3 Å². The van der Waals surface area contributed by atoms with Crippen molar-refractivity contribution in [3.63, 3.8) is 0 Å². The van der Waals surface area contributed by atoms with Crippen molar-refractivity contribution in [1.82, 2.24) is 5.32 Å². The number of hydrogen-bond donors (Lipinski definition) is 1. The standard InChI is InChI=1S/C16H25NO2.C8H5F2N/c1-5-7-16(19-4)15(6-2)17-12-13-8-10-14(18-3)11-9-13;9-8(10)7-4-2-1-3-6(7)5-11/h6,8-11,16-17H,5,7,12H2,1-4H3;1-4,8H/b15-6-;. The van der Waals surface area contributed by atoms with E-state index in [4.69, 9.17) is 14.7 Å². The first-order chi connectivity index (χ1) is 14.5. The summed E-state index contributed by atoms with van der Waals surface area (Å²) in [5, 5.41) is 11.8. The lowest BCUT2D eigenvalue weighted by molar-refractivity contribution is 0.117. The van der Waals surface area contributed by atoms with Gasteiger partial charge in [0, 0.05) is 24.9 Å². The van der Waals surface area contributed by atoms with Crippen molar-refractivity contribution in [2.24, 2.45) is 0 Å². The molecule has 1 N–H and O–H groups in total. The molecule has 0 saturated carbocycles. The summed E-state index contributed by atoms with van der Waals surface area (Å²) in [6.07, 6.45) is 1.83. The van der Waals surface area contributed by atoms with Gasteiger partial charge in [0.05, 0.1) is 24.8 Å². The predicted octanol–water partition coefficient (Wildman–Crippen LogP) is 6.00. The molecular weight excluding hydrogens is 386 g/mol. The van der Waals surface area contributed by atoms with E-state index in [1.165, 1.54) is 23.8 Å². The van der Waals surface area contributed by atoms with Gasteiger partial charge < -0.3 is 14.8 Å². The van der Waals surface area contributed by atoms with Gasteiger partial charge in [-0.25, -0.2) is 8.78 Å². The fourth-order valence-electron chi connectivity index (χ4n) is 2.80. The highest BCUT2D eigenvalue weighted by Gasteiger charge is 2.11. The molecular formula is C24H30F2N2O2. The molecule has 0 heterocycles. The number of methoxy groups -OCH3 is 2. The molecule has 0 bridgehead atoms. The monoisotopic (exact) mass is 416 g/mol. The minimum absolute atomic E-state index is 0.0440. The molecule has 2 aromatic rings. The Balaban J connectivity index is 0.000000346. The maximum atomic E-state index is 12.1. The summed E-state index contributed by atoms with van der Waals surface area (Å²) in [7, 11) is 3.44. The van der Waals surface area contributed by atoms with Crippen LogP contribution < -0.4 is 10.1 Å². The second-order valence-corrected chi connectivity index (χ2v) is 6.46. The van der Waals surface area contributed by atoms with Gasteiger partial charge in [-0.2, -0.15) is 5.26 Å². The van der Waals surface area contributed by atoms with Crippen molar-refractivity contribution in [1.29, 1.82) is 5.26 Å². The van der Waals surface area contributed by atoms with Crippen LogP contribution in [0.2, 0.25) is 0 Å². The van der Waals surface area contributed by atoms with Crippen molar-refractivity contribution in [2.45, 2.75) is 45.8 Å². The Hall–Kier alpha value is -2.91. The summed E-state index contributed by atoms with van der Waals surface area (Å²) in [5.41, 5.74) is 2.23. The van der Waals surface area contributed by atoms with E-state index < -0.39 is 6.43 Å². The van der Waals surface area contributed by atoms with Crippen LogP contribution in [0.3, 0.4) is 0 Å². The highest BCUT2D eigenvalue weighted by molar-refractivity contribution is 5.37. The second-order valence-electron chi connectivity index (χ2n) is 6.46. The molecule has 1 unspecified atom stereocenters. The van der Waals surface area contributed by atoms with E-state index >= 15 is 0 Å². The topological polar surface area (TPSA) is 54.3 Å². The van der Waals surface area contributed by atoms with E-state index in [0.29, 0.717) is 0 Å². The zero-order valence-corrected chi connectivity index (χ0v) is 18.0. The Morgan fingerprint density at radius 1 is 1.13 bits per heavy atom. The molecule has 0 aromatic heterocycles. The van der Waals surface area contributed by atoms with Crippen LogP contribution in [-0.2, 0) is 11.3 Å². The fraction of sp³-hybridized carbons (Fsp3) is 0.375. The lowest BCUT2D eigenvalue weighted by Crippen LogP contribution is -2.25. The molecule has 0 aliphatic heterocycles. The Labute approximate surface area is 178 Å². The molecule has 162 valence electrons.